The van der Waals surface area contributed by atoms with Gasteiger partial charge in [-0.3, -0.25) is 19.7 Å². The molecular weight excluding hydrogens is 542 g/mol. The molecule has 0 aliphatic carbocycles. The molecule has 2 N–H and O–H groups in total. The number of carboxylic acid groups (broad SMARTS) is 1. The summed E-state index contributed by atoms with van der Waals surface area (Å²) in [6.07, 6.45) is 5.19. The van der Waals surface area contributed by atoms with E-state index >= 15 is 0 Å². The number of thiazole rings is 1. The third-order valence-corrected chi connectivity index (χ3v) is 9.90. The number of hydrogen-bond acceptors (Lipinski definition) is 7. The van der Waals surface area contributed by atoms with Crippen LogP contribution in [0, 0.1) is 19.8 Å². The maximum atomic E-state index is 11.4. The van der Waals surface area contributed by atoms with Gasteiger partial charge in [-0.2, -0.15) is 0 Å². The van der Waals surface area contributed by atoms with Crippen LogP contribution < -0.4 is 5.32 Å². The second kappa shape index (κ2) is 11.0. The van der Waals surface area contributed by atoms with Gasteiger partial charge in [-0.25, -0.2) is 4.98 Å². The number of aliphatic carboxylic acids is 1. The highest BCUT2D eigenvalue weighted by molar-refractivity contribution is 7.15. The summed E-state index contributed by atoms with van der Waals surface area (Å²) in [5.74, 6) is -0.975. The van der Waals surface area contributed by atoms with Gasteiger partial charge in [-0.1, -0.05) is 36.4 Å². The second-order valence-corrected chi connectivity index (χ2v) is 12.6. The van der Waals surface area contributed by atoms with Gasteiger partial charge in [0.25, 0.3) is 0 Å². The smallest absolute Gasteiger partial charge is 0.307 e. The number of fused-ring (bicyclic) bond motifs is 2. The standard InChI is InChI=1S/C34H33N5O2S/c1-20-23(5-3-6-26(20)27-7-4-8-28(21(27)2)33-38-30-16-35-17-31(30)42-33)14-29-32-24(9-11-36-29)13-22(15-37-32)18-39-12-10-25(19-39)34(40)41/h3-9,11,13,15,25,35H,10,12,14,16-19H2,1-2H3,(H,40,41)/t25-/m1/s1. The van der Waals surface area contributed by atoms with Crippen LogP contribution in [0.25, 0.3) is 32.6 Å². The Hall–Kier alpha value is -3.98. The summed E-state index contributed by atoms with van der Waals surface area (Å²) in [6, 6.07) is 17.3. The molecule has 0 amide bonds. The lowest BCUT2D eigenvalue weighted by Crippen LogP contribution is -2.22. The molecule has 5 heterocycles. The van der Waals surface area contributed by atoms with E-state index in [4.69, 9.17) is 15.0 Å². The summed E-state index contributed by atoms with van der Waals surface area (Å²) < 4.78 is 0. The van der Waals surface area contributed by atoms with Crippen molar-refractivity contribution < 1.29 is 9.90 Å². The number of nitrogens with zero attached hydrogens (tertiary/aromatic N) is 4. The van der Waals surface area contributed by atoms with Gasteiger partial charge in [-0.15, -0.1) is 11.3 Å². The van der Waals surface area contributed by atoms with Crippen molar-refractivity contribution in [3.05, 3.63) is 99.4 Å². The maximum absolute atomic E-state index is 11.4. The summed E-state index contributed by atoms with van der Waals surface area (Å²) in [5, 5.41) is 14.9. The molecule has 0 radical (unpaired) electrons. The van der Waals surface area contributed by atoms with Crippen LogP contribution in [0.1, 0.15) is 44.9 Å². The monoisotopic (exact) mass is 575 g/mol. The molecular formula is C34H33N5O2S. The summed E-state index contributed by atoms with van der Waals surface area (Å²) in [6.45, 7) is 8.29. The van der Waals surface area contributed by atoms with Gasteiger partial charge < -0.3 is 10.4 Å². The Morgan fingerprint density at radius 3 is 2.67 bits per heavy atom. The fourth-order valence-electron chi connectivity index (χ4n) is 6.39. The third-order valence-electron chi connectivity index (χ3n) is 8.77. The van der Waals surface area contributed by atoms with Crippen molar-refractivity contribution in [1.29, 1.82) is 0 Å². The van der Waals surface area contributed by atoms with Crippen LogP contribution >= 0.6 is 11.3 Å². The molecule has 212 valence electrons. The zero-order chi connectivity index (χ0) is 28.8. The first-order chi connectivity index (χ1) is 20.4. The molecule has 7 nitrogen and oxygen atoms in total. The van der Waals surface area contributed by atoms with Gasteiger partial charge in [0, 0.05) is 60.8 Å². The molecule has 3 aromatic heterocycles. The van der Waals surface area contributed by atoms with E-state index < -0.39 is 5.97 Å². The number of hydrogen-bond donors (Lipinski definition) is 2. The maximum Gasteiger partial charge on any atom is 0.307 e. The molecule has 5 aromatic rings. The first kappa shape index (κ1) is 26.9. The lowest BCUT2D eigenvalue weighted by Gasteiger charge is -2.16. The van der Waals surface area contributed by atoms with E-state index in [0.29, 0.717) is 25.9 Å². The van der Waals surface area contributed by atoms with Crippen LogP contribution in [-0.4, -0.2) is 44.0 Å². The van der Waals surface area contributed by atoms with Crippen LogP contribution in [0.3, 0.4) is 0 Å². The van der Waals surface area contributed by atoms with Crippen molar-refractivity contribution in [2.24, 2.45) is 5.92 Å². The van der Waals surface area contributed by atoms with Crippen molar-refractivity contribution in [1.82, 2.24) is 25.2 Å². The Morgan fingerprint density at radius 1 is 1.05 bits per heavy atom. The molecule has 8 heteroatoms. The number of aromatic nitrogens is 3. The number of likely N-dealkylation sites (tertiary alicyclic amines) is 1. The van der Waals surface area contributed by atoms with Gasteiger partial charge in [0.2, 0.25) is 0 Å². The van der Waals surface area contributed by atoms with Gasteiger partial charge in [0.15, 0.2) is 0 Å². The molecule has 0 bridgehead atoms. The summed E-state index contributed by atoms with van der Waals surface area (Å²) in [7, 11) is 0. The van der Waals surface area contributed by atoms with E-state index in [1.807, 2.05) is 18.5 Å². The number of benzene rings is 2. The topological polar surface area (TPSA) is 91.2 Å². The Labute approximate surface area is 249 Å². The van der Waals surface area contributed by atoms with Crippen molar-refractivity contribution in [2.45, 2.75) is 46.3 Å². The van der Waals surface area contributed by atoms with E-state index in [0.717, 1.165) is 46.8 Å². The van der Waals surface area contributed by atoms with E-state index in [1.54, 1.807) is 11.3 Å². The zero-order valence-corrected chi connectivity index (χ0v) is 24.7. The van der Waals surface area contributed by atoms with Crippen LogP contribution in [-0.2, 0) is 30.8 Å². The summed E-state index contributed by atoms with van der Waals surface area (Å²) in [4.78, 5) is 29.4. The number of nitrogens with one attached hydrogen (secondary N) is 1. The van der Waals surface area contributed by atoms with Crippen molar-refractivity contribution in [2.75, 3.05) is 13.1 Å². The van der Waals surface area contributed by atoms with Crippen molar-refractivity contribution in [3.63, 3.8) is 0 Å². The van der Waals surface area contributed by atoms with Crippen molar-refractivity contribution in [3.8, 4) is 21.7 Å². The molecule has 2 aliphatic rings. The lowest BCUT2D eigenvalue weighted by molar-refractivity contribution is -0.141. The molecule has 7 rings (SSSR count). The quantitative estimate of drug-likeness (QED) is 0.241. The number of rotatable bonds is 7. The van der Waals surface area contributed by atoms with Crippen LogP contribution in [0.15, 0.2) is 60.9 Å². The zero-order valence-electron chi connectivity index (χ0n) is 23.9. The van der Waals surface area contributed by atoms with E-state index in [-0.39, 0.29) is 5.92 Å². The minimum absolute atomic E-state index is 0.273. The van der Waals surface area contributed by atoms with Crippen LogP contribution in [0.2, 0.25) is 0 Å². The van der Waals surface area contributed by atoms with Gasteiger partial charge in [0.1, 0.15) is 5.01 Å². The average Bonchev–Trinajstić information content (AvgIpc) is 3.72. The van der Waals surface area contributed by atoms with Crippen LogP contribution in [0.5, 0.6) is 0 Å². The molecule has 1 fully saturated rings. The Kier molecular flexibility index (Phi) is 7.06. The van der Waals surface area contributed by atoms with Gasteiger partial charge in [0.05, 0.1) is 22.8 Å². The minimum Gasteiger partial charge on any atom is -0.481 e. The summed E-state index contributed by atoms with van der Waals surface area (Å²) >= 11 is 1.80. The highest BCUT2D eigenvalue weighted by Crippen LogP contribution is 2.38. The van der Waals surface area contributed by atoms with Gasteiger partial charge >= 0.3 is 5.97 Å². The predicted molar refractivity (Wildman–Crippen MR) is 166 cm³/mol. The molecule has 2 aromatic carbocycles. The largest absolute Gasteiger partial charge is 0.481 e. The highest BCUT2D eigenvalue weighted by Gasteiger charge is 2.28. The summed E-state index contributed by atoms with van der Waals surface area (Å²) in [5.41, 5.74) is 11.6. The molecule has 1 atom stereocenters. The molecule has 2 aliphatic heterocycles. The first-order valence-corrected chi connectivity index (χ1v) is 15.3. The van der Waals surface area contributed by atoms with E-state index in [1.165, 1.54) is 44.0 Å². The Balaban J connectivity index is 1.16. The van der Waals surface area contributed by atoms with E-state index in [9.17, 15) is 9.90 Å². The van der Waals surface area contributed by atoms with Gasteiger partial charge in [-0.05, 0) is 72.3 Å². The Morgan fingerprint density at radius 2 is 1.86 bits per heavy atom. The third kappa shape index (κ3) is 5.00. The van der Waals surface area contributed by atoms with Crippen molar-refractivity contribution >= 4 is 28.2 Å². The normalized spacial score (nSPS) is 16.8. The highest BCUT2D eigenvalue weighted by atomic mass is 32.1. The number of pyridine rings is 2. The average molecular weight is 576 g/mol. The first-order valence-electron chi connectivity index (χ1n) is 14.5. The fourth-order valence-corrected chi connectivity index (χ4v) is 7.52. The minimum atomic E-state index is -0.702. The number of carbonyl (C=O) groups is 1. The lowest BCUT2D eigenvalue weighted by atomic mass is 9.90. The van der Waals surface area contributed by atoms with Crippen LogP contribution in [0.4, 0.5) is 0 Å². The molecule has 42 heavy (non-hydrogen) atoms. The molecule has 0 saturated carbocycles. The SMILES string of the molecule is Cc1c(Cc2nccc3cc(CN4CC[C@@H](C(=O)O)C4)cnc23)cccc1-c1cccc(-c2nc3c(s2)CNC3)c1C. The van der Waals surface area contributed by atoms with E-state index in [2.05, 4.69) is 66.5 Å². The predicted octanol–water partition coefficient (Wildman–Crippen LogP) is 6.14. The Bertz CT molecular complexity index is 1810. The molecule has 1 saturated heterocycles. The fraction of sp³-hybridized carbons (Fsp3) is 0.294. The molecule has 0 unspecified atom stereocenters. The molecule has 0 spiro atoms. The number of carboxylic acids is 1. The second-order valence-electron chi connectivity index (χ2n) is 11.5.